The number of hydrogen-bond acceptors (Lipinski definition) is 5. The Morgan fingerprint density at radius 2 is 1.64 bits per heavy atom. The zero-order valence-electron chi connectivity index (χ0n) is 29.2. The molecule has 1 aromatic heterocycles. The van der Waals surface area contributed by atoms with Crippen LogP contribution in [0.3, 0.4) is 0 Å². The Bertz CT molecular complexity index is 1810. The monoisotopic (exact) mass is 811 g/mol. The standard InChI is InChI=1S/C27H24N3O.C13H24O2.Ir/c1-26(2,3)14-16-11-20-22-21(12-16)31-25-19(24(22)30-15-29-20)13-17-9-7-8-10-18(17)23(25)27(4,5)28-6;1-5-10(6-2)12(14)9-13(15)11(7-3)8-4;/h7-12,15H,14H2,1-5H3;9-11,14H,5-8H2,1-4H3;/q-1;;/b;12-9-;. The van der Waals surface area contributed by atoms with Crippen molar-refractivity contribution < 1.29 is 34.7 Å². The SMILES string of the molecule is CCC(CC)C(=O)/C=C(\O)C(CC)CC.[C-]#[N+]C(C)(C)c1c2c([c-]c3ccccc13)-c1ncnc3cc(CC(C)(C)C)cc(c13)O2.[Ir]. The van der Waals surface area contributed by atoms with E-state index < -0.39 is 5.54 Å². The first-order chi connectivity index (χ1) is 21.8. The molecule has 2 heterocycles. The molecule has 7 heteroatoms. The van der Waals surface area contributed by atoms with Crippen LogP contribution >= 0.6 is 0 Å². The Morgan fingerprint density at radius 1 is 1.00 bits per heavy atom. The maximum absolute atomic E-state index is 11.7. The van der Waals surface area contributed by atoms with Gasteiger partial charge in [-0.2, -0.15) is 0 Å². The molecule has 0 bridgehead atoms. The fourth-order valence-electron chi connectivity index (χ4n) is 6.26. The van der Waals surface area contributed by atoms with E-state index in [0.717, 1.165) is 76.3 Å². The number of aromatic nitrogens is 2. The molecule has 1 aliphatic heterocycles. The number of allylic oxidation sites excluding steroid dienone is 2. The average molecular weight is 811 g/mol. The van der Waals surface area contributed by atoms with E-state index in [-0.39, 0.29) is 48.9 Å². The molecule has 0 spiro atoms. The van der Waals surface area contributed by atoms with Gasteiger partial charge in [-0.25, -0.2) is 11.6 Å². The minimum atomic E-state index is -0.758. The summed E-state index contributed by atoms with van der Waals surface area (Å²) in [5.74, 6) is 1.98. The van der Waals surface area contributed by atoms with Crippen LogP contribution in [0.1, 0.15) is 99.1 Å². The van der Waals surface area contributed by atoms with Crippen LogP contribution < -0.4 is 4.74 Å². The Kier molecular flexibility index (Phi) is 12.5. The molecule has 5 rings (SSSR count). The number of benzene rings is 3. The molecule has 0 unspecified atom stereocenters. The van der Waals surface area contributed by atoms with Gasteiger partial charge in [0.2, 0.25) is 5.54 Å². The normalized spacial score (nSPS) is 12.6. The largest absolute Gasteiger partial charge is 0.512 e. The molecule has 0 fully saturated rings. The summed E-state index contributed by atoms with van der Waals surface area (Å²) in [6, 6.07) is 15.8. The van der Waals surface area contributed by atoms with Crippen LogP contribution in [-0.2, 0) is 36.9 Å². The second-order valence-electron chi connectivity index (χ2n) is 14.0. The first-order valence-electron chi connectivity index (χ1n) is 16.6. The van der Waals surface area contributed by atoms with Gasteiger partial charge in [0, 0.05) is 68.5 Å². The number of aliphatic hydroxyl groups is 1. The van der Waals surface area contributed by atoms with Crippen molar-refractivity contribution in [1.82, 2.24) is 9.97 Å². The zero-order valence-corrected chi connectivity index (χ0v) is 31.6. The van der Waals surface area contributed by atoms with E-state index in [1.807, 2.05) is 65.8 Å². The van der Waals surface area contributed by atoms with Crippen LogP contribution in [0, 0.1) is 29.9 Å². The quantitative estimate of drug-likeness (QED) is 0.0911. The Hall–Kier alpha value is -3.59. The summed E-state index contributed by atoms with van der Waals surface area (Å²) < 4.78 is 6.58. The molecule has 1 N–H and O–H groups in total. The molecule has 0 amide bonds. The van der Waals surface area contributed by atoms with Crippen LogP contribution in [0.15, 0.2) is 54.6 Å². The first kappa shape index (κ1) is 37.9. The van der Waals surface area contributed by atoms with Gasteiger partial charge in [-0.15, -0.1) is 17.5 Å². The topological polar surface area (TPSA) is 76.7 Å². The van der Waals surface area contributed by atoms with Crippen molar-refractivity contribution in [2.75, 3.05) is 0 Å². The van der Waals surface area contributed by atoms with Crippen molar-refractivity contribution in [3.05, 3.63) is 83.2 Å². The number of ketones is 1. The average Bonchev–Trinajstić information content (AvgIpc) is 3.00. The Balaban J connectivity index is 0.000000322. The minimum absolute atomic E-state index is 0. The molecule has 251 valence electrons. The van der Waals surface area contributed by atoms with Crippen LogP contribution in [0.25, 0.3) is 37.8 Å². The minimum Gasteiger partial charge on any atom is -0.512 e. The number of nitrogens with zero attached hydrogens (tertiary/aromatic N) is 3. The van der Waals surface area contributed by atoms with E-state index >= 15 is 0 Å². The molecule has 1 radical (unpaired) electrons. The third-order valence-electron chi connectivity index (χ3n) is 8.83. The van der Waals surface area contributed by atoms with Crippen LogP contribution in [0.5, 0.6) is 11.5 Å². The van der Waals surface area contributed by atoms with E-state index in [1.54, 1.807) is 6.33 Å². The fourth-order valence-corrected chi connectivity index (χ4v) is 6.26. The molecular weight excluding hydrogens is 763 g/mol. The van der Waals surface area contributed by atoms with Crippen molar-refractivity contribution in [3.8, 4) is 22.8 Å². The van der Waals surface area contributed by atoms with Gasteiger partial charge in [-0.3, -0.25) is 9.78 Å². The third-order valence-corrected chi connectivity index (χ3v) is 8.83. The summed E-state index contributed by atoms with van der Waals surface area (Å²) in [4.78, 5) is 24.8. The number of rotatable bonds is 9. The molecule has 47 heavy (non-hydrogen) atoms. The van der Waals surface area contributed by atoms with E-state index in [9.17, 15) is 9.90 Å². The molecule has 3 aromatic carbocycles. The molecule has 0 saturated carbocycles. The van der Waals surface area contributed by atoms with Crippen molar-refractivity contribution in [1.29, 1.82) is 0 Å². The Morgan fingerprint density at radius 3 is 2.23 bits per heavy atom. The number of ether oxygens (including phenoxy) is 1. The molecule has 0 aliphatic carbocycles. The maximum Gasteiger partial charge on any atom is 0.242 e. The van der Waals surface area contributed by atoms with E-state index in [1.165, 1.54) is 11.6 Å². The van der Waals surface area contributed by atoms with Gasteiger partial charge in [0.05, 0.1) is 17.0 Å². The summed E-state index contributed by atoms with van der Waals surface area (Å²) in [5.41, 5.74) is 3.93. The van der Waals surface area contributed by atoms with Crippen molar-refractivity contribution in [3.63, 3.8) is 0 Å². The van der Waals surface area contributed by atoms with E-state index in [4.69, 9.17) is 11.3 Å². The molecule has 6 nitrogen and oxygen atoms in total. The first-order valence-corrected chi connectivity index (χ1v) is 16.6. The summed E-state index contributed by atoms with van der Waals surface area (Å²) in [7, 11) is 0. The molecule has 4 aromatic rings. The summed E-state index contributed by atoms with van der Waals surface area (Å²) in [6.07, 6.45) is 7.43. The van der Waals surface area contributed by atoms with Crippen LogP contribution in [0.4, 0.5) is 0 Å². The summed E-state index contributed by atoms with van der Waals surface area (Å²) in [5, 5.41) is 12.6. The van der Waals surface area contributed by atoms with Gasteiger partial charge < -0.3 is 14.7 Å². The van der Waals surface area contributed by atoms with Gasteiger partial charge in [0.15, 0.2) is 5.78 Å². The predicted molar refractivity (Wildman–Crippen MR) is 188 cm³/mol. The number of hydrogen-bond donors (Lipinski definition) is 1. The van der Waals surface area contributed by atoms with Crippen molar-refractivity contribution in [2.45, 2.75) is 100.0 Å². The summed E-state index contributed by atoms with van der Waals surface area (Å²) >= 11 is 0. The summed E-state index contributed by atoms with van der Waals surface area (Å²) in [6.45, 7) is 26.5. The molecule has 0 atom stereocenters. The smallest absolute Gasteiger partial charge is 0.242 e. The fraction of sp³-hybridized carbons (Fsp3) is 0.450. The predicted octanol–water partition coefficient (Wildman–Crippen LogP) is 11.0. The van der Waals surface area contributed by atoms with Gasteiger partial charge in [0.25, 0.3) is 0 Å². The second kappa shape index (κ2) is 15.5. The second-order valence-corrected chi connectivity index (χ2v) is 14.0. The van der Waals surface area contributed by atoms with E-state index in [0.29, 0.717) is 5.75 Å². The zero-order chi connectivity index (χ0) is 33.8. The Labute approximate surface area is 294 Å². The van der Waals surface area contributed by atoms with Gasteiger partial charge in [-0.05, 0) is 55.2 Å². The number of aliphatic hydroxyl groups excluding tert-OH is 1. The van der Waals surface area contributed by atoms with Gasteiger partial charge in [-0.1, -0.05) is 77.6 Å². The third kappa shape index (κ3) is 8.29. The van der Waals surface area contributed by atoms with Crippen LogP contribution in [0.2, 0.25) is 0 Å². The van der Waals surface area contributed by atoms with Crippen molar-refractivity contribution >= 4 is 27.5 Å². The maximum atomic E-state index is 11.7. The number of fused-ring (bicyclic) bond motifs is 3. The van der Waals surface area contributed by atoms with Gasteiger partial charge >= 0.3 is 0 Å². The molecule has 1 aliphatic rings. The number of carbonyl (C=O) groups excluding carboxylic acids is 1. The van der Waals surface area contributed by atoms with Gasteiger partial charge in [0.1, 0.15) is 12.1 Å². The van der Waals surface area contributed by atoms with Crippen molar-refractivity contribution in [2.24, 2.45) is 17.3 Å². The van der Waals surface area contributed by atoms with Crippen LogP contribution in [-0.4, -0.2) is 20.9 Å². The molecular formula is C40H48IrN3O3-. The number of carbonyl (C=O) groups is 1. The van der Waals surface area contributed by atoms with E-state index in [2.05, 4.69) is 53.8 Å². The molecule has 0 saturated heterocycles.